The van der Waals surface area contributed by atoms with Crippen molar-refractivity contribution in [1.29, 1.82) is 5.26 Å². The zero-order valence-electron chi connectivity index (χ0n) is 22.0. The van der Waals surface area contributed by atoms with E-state index in [9.17, 15) is 36.4 Å². The summed E-state index contributed by atoms with van der Waals surface area (Å²) >= 11 is 5.64. The van der Waals surface area contributed by atoms with E-state index in [1.807, 2.05) is 4.72 Å². The number of aryl methyl sites for hydroxylation is 1. The fraction of sp³-hybridized carbons (Fsp3) is 0.407. The van der Waals surface area contributed by atoms with Crippen LogP contribution >= 0.6 is 12.2 Å². The molecule has 2 fully saturated rings. The molecule has 214 valence electrons. The Morgan fingerprint density at radius 3 is 2.35 bits per heavy atom. The second kappa shape index (κ2) is 11.9. The number of thiocarbonyl (C=S) groups is 1. The molecule has 3 rings (SSSR count). The minimum absolute atomic E-state index is 0.0116. The van der Waals surface area contributed by atoms with Gasteiger partial charge in [-0.15, -0.1) is 0 Å². The van der Waals surface area contributed by atoms with Crippen LogP contribution in [0.15, 0.2) is 59.8 Å². The SMILES string of the molecule is C=C/C(=C\C(=C(\C#N)CC)C(F)(F)F)N1C(=O)C2(CCC2)N(c2ccc(CCCC(=O)NS(C)(=O)=O)cc2)C1=S. The molecule has 0 atom stereocenters. The molecule has 1 aliphatic carbocycles. The fourth-order valence-electron chi connectivity index (χ4n) is 4.76. The maximum absolute atomic E-state index is 13.9. The molecule has 0 radical (unpaired) electrons. The van der Waals surface area contributed by atoms with Crippen LogP contribution < -0.4 is 9.62 Å². The van der Waals surface area contributed by atoms with Gasteiger partial charge in [0.15, 0.2) is 5.11 Å². The lowest BCUT2D eigenvalue weighted by molar-refractivity contribution is -0.131. The van der Waals surface area contributed by atoms with Crippen LogP contribution in [0.4, 0.5) is 18.9 Å². The Kier molecular flexibility index (Phi) is 9.26. The van der Waals surface area contributed by atoms with E-state index in [0.717, 1.165) is 35.3 Å². The highest BCUT2D eigenvalue weighted by molar-refractivity contribution is 7.89. The minimum Gasteiger partial charge on any atom is -0.303 e. The third-order valence-corrected chi connectivity index (χ3v) is 7.80. The van der Waals surface area contributed by atoms with E-state index in [0.29, 0.717) is 31.4 Å². The molecule has 1 spiro atoms. The lowest BCUT2D eigenvalue weighted by Crippen LogP contribution is -2.55. The zero-order valence-corrected chi connectivity index (χ0v) is 23.7. The molecule has 1 aliphatic heterocycles. The number of carbonyl (C=O) groups excluding carboxylic acids is 2. The van der Waals surface area contributed by atoms with Crippen molar-refractivity contribution in [1.82, 2.24) is 9.62 Å². The van der Waals surface area contributed by atoms with Crippen LogP contribution in [0.1, 0.15) is 51.0 Å². The molecule has 2 amide bonds. The van der Waals surface area contributed by atoms with E-state index in [1.165, 1.54) is 6.92 Å². The molecule has 13 heteroatoms. The molecule has 0 unspecified atom stereocenters. The molecule has 1 saturated heterocycles. The van der Waals surface area contributed by atoms with Gasteiger partial charge in [-0.3, -0.25) is 19.2 Å². The number of nitriles is 1. The molecule has 1 aromatic rings. The van der Waals surface area contributed by atoms with Crippen LogP contribution in [0.2, 0.25) is 0 Å². The van der Waals surface area contributed by atoms with E-state index in [1.54, 1.807) is 35.2 Å². The summed E-state index contributed by atoms with van der Waals surface area (Å²) in [7, 11) is -3.62. The predicted octanol–water partition coefficient (Wildman–Crippen LogP) is 4.80. The van der Waals surface area contributed by atoms with Gasteiger partial charge in [0.1, 0.15) is 5.54 Å². The van der Waals surface area contributed by atoms with Crippen molar-refractivity contribution in [2.75, 3.05) is 11.2 Å². The first-order valence-corrected chi connectivity index (χ1v) is 14.8. The number of hydrogen-bond acceptors (Lipinski definition) is 6. The maximum Gasteiger partial charge on any atom is 0.417 e. The lowest BCUT2D eigenvalue weighted by atomic mass is 9.75. The summed E-state index contributed by atoms with van der Waals surface area (Å²) in [6.07, 6.45) is 0.394. The Bertz CT molecular complexity index is 1420. The summed E-state index contributed by atoms with van der Waals surface area (Å²) in [5.74, 6) is -1.05. The Labute approximate surface area is 236 Å². The smallest absolute Gasteiger partial charge is 0.303 e. The molecular weight excluding hydrogens is 565 g/mol. The van der Waals surface area contributed by atoms with Crippen molar-refractivity contribution in [3.8, 4) is 6.07 Å². The summed E-state index contributed by atoms with van der Waals surface area (Å²) in [6, 6.07) is 8.68. The Morgan fingerprint density at radius 2 is 1.90 bits per heavy atom. The van der Waals surface area contributed by atoms with Crippen LogP contribution in [0, 0.1) is 11.3 Å². The van der Waals surface area contributed by atoms with Crippen LogP contribution in [0.5, 0.6) is 0 Å². The number of sulfonamides is 1. The number of carbonyl (C=O) groups is 2. The average molecular weight is 595 g/mol. The predicted molar refractivity (Wildman–Crippen MR) is 148 cm³/mol. The fourth-order valence-corrected chi connectivity index (χ4v) is 5.75. The van der Waals surface area contributed by atoms with Gasteiger partial charge in [0.05, 0.1) is 23.6 Å². The average Bonchev–Trinajstić information content (AvgIpc) is 3.07. The van der Waals surface area contributed by atoms with E-state index in [-0.39, 0.29) is 23.7 Å². The van der Waals surface area contributed by atoms with E-state index < -0.39 is 44.7 Å². The minimum atomic E-state index is -4.82. The Hall–Kier alpha value is -3.50. The van der Waals surface area contributed by atoms with Gasteiger partial charge in [-0.2, -0.15) is 18.4 Å². The van der Waals surface area contributed by atoms with Crippen molar-refractivity contribution in [2.24, 2.45) is 0 Å². The van der Waals surface area contributed by atoms with Gasteiger partial charge in [0.2, 0.25) is 15.9 Å². The molecule has 1 heterocycles. The first-order valence-electron chi connectivity index (χ1n) is 12.5. The standard InChI is InChI=1S/C27H29F3N4O4S2/c1-4-19(17-31)22(27(28,29)30)16-20(5-2)33-24(36)26(14-7-15-26)34(25(33)39)21-12-10-18(11-13-21)8-6-9-23(35)32-40(3,37)38/h5,10-13,16H,2,4,6-9,14-15H2,1,3H3,(H,32,35)/b20-16+,22-19-. The van der Waals surface area contributed by atoms with Crippen molar-refractivity contribution in [3.63, 3.8) is 0 Å². The number of alkyl halides is 3. The first kappa shape index (κ1) is 31.0. The highest BCUT2D eigenvalue weighted by atomic mass is 32.2. The third-order valence-electron chi connectivity index (χ3n) is 6.83. The number of nitrogens with one attached hydrogen (secondary N) is 1. The monoisotopic (exact) mass is 594 g/mol. The van der Waals surface area contributed by atoms with Gasteiger partial charge in [-0.25, -0.2) is 8.42 Å². The molecule has 1 N–H and O–H groups in total. The van der Waals surface area contributed by atoms with Gasteiger partial charge in [-0.05, 0) is 80.6 Å². The van der Waals surface area contributed by atoms with Crippen molar-refractivity contribution in [2.45, 2.75) is 63.6 Å². The molecule has 8 nitrogen and oxygen atoms in total. The summed E-state index contributed by atoms with van der Waals surface area (Å²) in [6.45, 7) is 5.05. The number of halogens is 3. The lowest BCUT2D eigenvalue weighted by Gasteiger charge is -2.43. The number of benzene rings is 1. The first-order chi connectivity index (χ1) is 18.7. The molecule has 0 aromatic heterocycles. The van der Waals surface area contributed by atoms with Gasteiger partial charge < -0.3 is 4.90 Å². The summed E-state index contributed by atoms with van der Waals surface area (Å²) in [4.78, 5) is 28.1. The number of hydrogen-bond donors (Lipinski definition) is 1. The van der Waals surface area contributed by atoms with Crippen LogP contribution in [0.3, 0.4) is 0 Å². The van der Waals surface area contributed by atoms with Crippen molar-refractivity contribution in [3.05, 3.63) is 65.4 Å². The van der Waals surface area contributed by atoms with Crippen molar-refractivity contribution >= 4 is 44.9 Å². The van der Waals surface area contributed by atoms with Gasteiger partial charge >= 0.3 is 6.18 Å². The quantitative estimate of drug-likeness (QED) is 0.235. The molecule has 0 bridgehead atoms. The number of rotatable bonds is 10. The van der Waals surface area contributed by atoms with Crippen LogP contribution in [-0.2, 0) is 26.0 Å². The second-order valence-electron chi connectivity index (χ2n) is 9.59. The highest BCUT2D eigenvalue weighted by Crippen LogP contribution is 2.48. The van der Waals surface area contributed by atoms with Crippen LogP contribution in [0.25, 0.3) is 0 Å². The van der Waals surface area contributed by atoms with E-state index in [2.05, 4.69) is 6.58 Å². The maximum atomic E-state index is 13.9. The van der Waals surface area contributed by atoms with E-state index >= 15 is 0 Å². The van der Waals surface area contributed by atoms with Crippen molar-refractivity contribution < 1.29 is 31.2 Å². The normalized spacial score (nSPS) is 17.9. The van der Waals surface area contributed by atoms with E-state index in [4.69, 9.17) is 12.2 Å². The largest absolute Gasteiger partial charge is 0.417 e. The zero-order chi connectivity index (χ0) is 29.9. The number of allylic oxidation sites excluding steroid dienone is 4. The number of anilines is 1. The third kappa shape index (κ3) is 6.45. The molecule has 40 heavy (non-hydrogen) atoms. The molecule has 1 saturated carbocycles. The van der Waals surface area contributed by atoms with Crippen LogP contribution in [-0.4, -0.2) is 48.2 Å². The summed E-state index contributed by atoms with van der Waals surface area (Å²) in [5.41, 5.74) is -1.37. The van der Waals surface area contributed by atoms with Gasteiger partial charge in [0.25, 0.3) is 5.91 Å². The summed E-state index contributed by atoms with van der Waals surface area (Å²) in [5, 5.41) is 9.27. The summed E-state index contributed by atoms with van der Waals surface area (Å²) < 4.78 is 65.8. The Balaban J connectivity index is 1.89. The topological polar surface area (TPSA) is 111 Å². The van der Waals surface area contributed by atoms with Gasteiger partial charge in [-0.1, -0.05) is 25.6 Å². The number of nitrogens with zero attached hydrogens (tertiary/aromatic N) is 3. The molecule has 2 aliphatic rings. The Morgan fingerprint density at radius 1 is 1.27 bits per heavy atom. The molecule has 1 aromatic carbocycles. The molecular formula is C27H29F3N4O4S2. The highest BCUT2D eigenvalue weighted by Gasteiger charge is 2.59. The second-order valence-corrected chi connectivity index (χ2v) is 11.7. The number of amides is 2. The van der Waals surface area contributed by atoms with Gasteiger partial charge in [0, 0.05) is 17.7 Å².